The summed E-state index contributed by atoms with van der Waals surface area (Å²) in [6.45, 7) is 5.87. The molecule has 0 radical (unpaired) electrons. The zero-order chi connectivity index (χ0) is 17.5. The number of hydrogen-bond donors (Lipinski definition) is 0. The first-order chi connectivity index (χ1) is 11.5. The standard InChI is InChI=1S/C16H21N3O5/c1-3-15-10-18(8-9-23-15)12(2)17-16(20)24-11-13-4-6-14(7-5-13)19(21)22/h4-7,15H,3,8-11H2,1-2H3. The monoisotopic (exact) mass is 335 g/mol. The molecular formula is C16H21N3O5. The molecule has 1 heterocycles. The smallest absolute Gasteiger partial charge is 0.435 e. The lowest BCUT2D eigenvalue weighted by Crippen LogP contribution is -2.44. The average molecular weight is 335 g/mol. The van der Waals surface area contributed by atoms with Gasteiger partial charge < -0.3 is 14.4 Å². The number of nitro benzene ring substituents is 1. The number of carbonyl (C=O) groups excluding carboxylic acids is 1. The normalized spacial score (nSPS) is 18.3. The highest BCUT2D eigenvalue weighted by Crippen LogP contribution is 2.13. The van der Waals surface area contributed by atoms with Crippen molar-refractivity contribution >= 4 is 17.6 Å². The van der Waals surface area contributed by atoms with Crippen LogP contribution in [0, 0.1) is 10.1 Å². The third kappa shape index (κ3) is 5.02. The van der Waals surface area contributed by atoms with Crippen molar-refractivity contribution in [3.63, 3.8) is 0 Å². The summed E-state index contributed by atoms with van der Waals surface area (Å²) in [5.41, 5.74) is 0.663. The van der Waals surface area contributed by atoms with Gasteiger partial charge in [-0.1, -0.05) is 6.92 Å². The number of morpholine rings is 1. The van der Waals surface area contributed by atoms with Crippen LogP contribution < -0.4 is 0 Å². The third-order valence-corrected chi connectivity index (χ3v) is 3.81. The van der Waals surface area contributed by atoms with E-state index in [1.165, 1.54) is 12.1 Å². The van der Waals surface area contributed by atoms with Crippen LogP contribution in [0.5, 0.6) is 0 Å². The second-order valence-electron chi connectivity index (χ2n) is 5.48. The molecule has 2 rings (SSSR count). The summed E-state index contributed by atoms with van der Waals surface area (Å²) in [6.07, 6.45) is 0.388. The quantitative estimate of drug-likeness (QED) is 0.363. The van der Waals surface area contributed by atoms with Crippen LogP contribution >= 0.6 is 0 Å². The molecular weight excluding hydrogens is 314 g/mol. The van der Waals surface area contributed by atoms with Crippen molar-refractivity contribution in [1.29, 1.82) is 0 Å². The number of amidine groups is 1. The number of aliphatic imine (C=N–C) groups is 1. The molecule has 1 saturated heterocycles. The number of nitro groups is 1. The molecule has 1 unspecified atom stereocenters. The van der Waals surface area contributed by atoms with Crippen LogP contribution in [-0.4, -0.2) is 47.6 Å². The predicted molar refractivity (Wildman–Crippen MR) is 88.0 cm³/mol. The maximum atomic E-state index is 11.8. The number of hydrogen-bond acceptors (Lipinski definition) is 5. The Hall–Kier alpha value is -2.48. The fourth-order valence-electron chi connectivity index (χ4n) is 2.35. The number of rotatable bonds is 4. The van der Waals surface area contributed by atoms with E-state index < -0.39 is 11.0 Å². The molecule has 0 N–H and O–H groups in total. The van der Waals surface area contributed by atoms with E-state index in [2.05, 4.69) is 11.9 Å². The highest BCUT2D eigenvalue weighted by atomic mass is 16.6. The van der Waals surface area contributed by atoms with Gasteiger partial charge in [-0.2, -0.15) is 4.99 Å². The van der Waals surface area contributed by atoms with Crippen molar-refractivity contribution in [3.05, 3.63) is 39.9 Å². The molecule has 0 bridgehead atoms. The number of nitrogens with zero attached hydrogens (tertiary/aromatic N) is 3. The first-order valence-corrected chi connectivity index (χ1v) is 7.81. The van der Waals surface area contributed by atoms with Gasteiger partial charge >= 0.3 is 6.09 Å². The third-order valence-electron chi connectivity index (χ3n) is 3.81. The molecule has 1 atom stereocenters. The van der Waals surface area contributed by atoms with E-state index in [1.807, 2.05) is 4.90 Å². The SMILES string of the molecule is CCC1CN(C(C)=NC(=O)OCc2ccc([N+](=O)[O-])cc2)CCO1. The van der Waals surface area contributed by atoms with Gasteiger partial charge in [0.1, 0.15) is 12.4 Å². The Bertz CT molecular complexity index is 615. The largest absolute Gasteiger partial charge is 0.443 e. The van der Waals surface area contributed by atoms with Gasteiger partial charge in [0, 0.05) is 25.2 Å². The van der Waals surface area contributed by atoms with Crippen molar-refractivity contribution in [2.45, 2.75) is 33.0 Å². The number of carbonyl (C=O) groups is 1. The van der Waals surface area contributed by atoms with Gasteiger partial charge in [-0.15, -0.1) is 0 Å². The first kappa shape index (κ1) is 17.9. The molecule has 0 spiro atoms. The zero-order valence-corrected chi connectivity index (χ0v) is 13.8. The Balaban J connectivity index is 1.86. The topological polar surface area (TPSA) is 94.3 Å². The molecule has 1 aromatic rings. The fraction of sp³-hybridized carbons (Fsp3) is 0.500. The molecule has 1 amide bonds. The Morgan fingerprint density at radius 1 is 1.46 bits per heavy atom. The van der Waals surface area contributed by atoms with Gasteiger partial charge in [0.15, 0.2) is 0 Å². The highest BCUT2D eigenvalue weighted by Gasteiger charge is 2.20. The van der Waals surface area contributed by atoms with Gasteiger partial charge in [0.25, 0.3) is 5.69 Å². The van der Waals surface area contributed by atoms with Crippen LogP contribution in [0.4, 0.5) is 10.5 Å². The molecule has 1 fully saturated rings. The predicted octanol–water partition coefficient (Wildman–Crippen LogP) is 2.76. The van der Waals surface area contributed by atoms with Crippen LogP contribution in [0.3, 0.4) is 0 Å². The fourth-order valence-corrected chi connectivity index (χ4v) is 2.35. The van der Waals surface area contributed by atoms with Gasteiger partial charge in [-0.25, -0.2) is 4.79 Å². The Morgan fingerprint density at radius 3 is 2.79 bits per heavy atom. The Morgan fingerprint density at radius 2 is 2.17 bits per heavy atom. The van der Waals surface area contributed by atoms with E-state index in [0.29, 0.717) is 31.1 Å². The van der Waals surface area contributed by atoms with Crippen molar-refractivity contribution in [2.75, 3.05) is 19.7 Å². The molecule has 24 heavy (non-hydrogen) atoms. The van der Waals surface area contributed by atoms with Crippen LogP contribution in [0.15, 0.2) is 29.3 Å². The Kier molecular flexibility index (Phi) is 6.25. The zero-order valence-electron chi connectivity index (χ0n) is 13.8. The number of amides is 1. The summed E-state index contributed by atoms with van der Waals surface area (Å²) in [5, 5.41) is 10.6. The summed E-state index contributed by atoms with van der Waals surface area (Å²) in [7, 11) is 0. The van der Waals surface area contributed by atoms with Gasteiger partial charge in [0.05, 0.1) is 17.6 Å². The molecule has 1 aliphatic heterocycles. The van der Waals surface area contributed by atoms with Crippen LogP contribution in [0.1, 0.15) is 25.8 Å². The van der Waals surface area contributed by atoms with E-state index in [0.717, 1.165) is 6.42 Å². The summed E-state index contributed by atoms with van der Waals surface area (Å²) >= 11 is 0. The van der Waals surface area contributed by atoms with Crippen molar-refractivity contribution in [1.82, 2.24) is 4.90 Å². The minimum atomic E-state index is -0.676. The lowest BCUT2D eigenvalue weighted by atomic mass is 10.2. The second-order valence-corrected chi connectivity index (χ2v) is 5.48. The van der Waals surface area contributed by atoms with Gasteiger partial charge in [-0.3, -0.25) is 10.1 Å². The number of benzene rings is 1. The van der Waals surface area contributed by atoms with Crippen LogP contribution in [0.2, 0.25) is 0 Å². The number of non-ortho nitro benzene ring substituents is 1. The van der Waals surface area contributed by atoms with Crippen molar-refractivity contribution < 1.29 is 19.2 Å². The van der Waals surface area contributed by atoms with Crippen molar-refractivity contribution in [3.8, 4) is 0 Å². The first-order valence-electron chi connectivity index (χ1n) is 7.81. The highest BCUT2D eigenvalue weighted by molar-refractivity contribution is 5.90. The van der Waals surface area contributed by atoms with E-state index in [4.69, 9.17) is 9.47 Å². The molecule has 0 aliphatic carbocycles. The lowest BCUT2D eigenvalue weighted by molar-refractivity contribution is -0.384. The summed E-state index contributed by atoms with van der Waals surface area (Å²) < 4.78 is 10.7. The second kappa shape index (κ2) is 8.39. The average Bonchev–Trinajstić information content (AvgIpc) is 2.60. The molecule has 8 heteroatoms. The molecule has 1 aliphatic rings. The van der Waals surface area contributed by atoms with Crippen LogP contribution in [-0.2, 0) is 16.1 Å². The molecule has 0 saturated carbocycles. The maximum Gasteiger partial charge on any atom is 0.435 e. The summed E-state index contributed by atoms with van der Waals surface area (Å²) in [6, 6.07) is 5.85. The van der Waals surface area contributed by atoms with E-state index in [9.17, 15) is 14.9 Å². The maximum absolute atomic E-state index is 11.8. The van der Waals surface area contributed by atoms with E-state index >= 15 is 0 Å². The van der Waals surface area contributed by atoms with Gasteiger partial charge in [-0.05, 0) is 31.0 Å². The minimum absolute atomic E-state index is 0.00302. The molecule has 8 nitrogen and oxygen atoms in total. The summed E-state index contributed by atoms with van der Waals surface area (Å²) in [5.74, 6) is 0.602. The van der Waals surface area contributed by atoms with E-state index in [-0.39, 0.29) is 18.4 Å². The summed E-state index contributed by atoms with van der Waals surface area (Å²) in [4.78, 5) is 27.9. The lowest BCUT2D eigenvalue weighted by Gasteiger charge is -2.33. The van der Waals surface area contributed by atoms with Gasteiger partial charge in [0.2, 0.25) is 0 Å². The Labute approximate surface area is 140 Å². The van der Waals surface area contributed by atoms with Crippen molar-refractivity contribution in [2.24, 2.45) is 4.99 Å². The molecule has 130 valence electrons. The number of ether oxygens (including phenoxy) is 2. The molecule has 0 aromatic heterocycles. The van der Waals surface area contributed by atoms with Crippen LogP contribution in [0.25, 0.3) is 0 Å². The van der Waals surface area contributed by atoms with E-state index in [1.54, 1.807) is 19.1 Å². The molecule has 1 aromatic carbocycles. The minimum Gasteiger partial charge on any atom is -0.443 e.